The van der Waals surface area contributed by atoms with Gasteiger partial charge in [0.2, 0.25) is 0 Å². The molecule has 2 atom stereocenters. The Labute approximate surface area is 186 Å². The summed E-state index contributed by atoms with van der Waals surface area (Å²) in [5, 5.41) is 14.7. The minimum Gasteiger partial charge on any atom is -0.376 e. The summed E-state index contributed by atoms with van der Waals surface area (Å²) in [4.78, 5) is 4.58. The molecule has 2 unspecified atom stereocenters. The molecule has 3 rings (SSSR count). The van der Waals surface area contributed by atoms with Gasteiger partial charge in [-0.2, -0.15) is 0 Å². The van der Waals surface area contributed by atoms with Gasteiger partial charge in [-0.3, -0.25) is 0 Å². The first-order valence-electron chi connectivity index (χ1n) is 9.40. The van der Waals surface area contributed by atoms with E-state index in [4.69, 9.17) is 4.74 Å². The number of aliphatic imine (C=N–C) groups is 1. The van der Waals surface area contributed by atoms with Gasteiger partial charge in [-0.25, -0.2) is 13.8 Å². The van der Waals surface area contributed by atoms with E-state index in [2.05, 4.69) is 25.8 Å². The van der Waals surface area contributed by atoms with Crippen molar-refractivity contribution in [1.29, 1.82) is 0 Å². The minimum atomic E-state index is -0.869. The van der Waals surface area contributed by atoms with Gasteiger partial charge in [-0.05, 0) is 44.4 Å². The van der Waals surface area contributed by atoms with Crippen molar-refractivity contribution in [3.8, 4) is 0 Å². The lowest BCUT2D eigenvalue weighted by Crippen LogP contribution is -2.42. The number of hydrogen-bond acceptors (Lipinski definition) is 4. The van der Waals surface area contributed by atoms with Gasteiger partial charge in [0.1, 0.15) is 12.4 Å². The molecule has 0 radical (unpaired) electrons. The third-order valence-corrected chi connectivity index (χ3v) is 4.88. The Bertz CT molecular complexity index is 838. The molecule has 1 saturated heterocycles. The van der Waals surface area contributed by atoms with Crippen molar-refractivity contribution in [2.45, 2.75) is 45.4 Å². The van der Waals surface area contributed by atoms with Crippen molar-refractivity contribution in [3.05, 3.63) is 47.0 Å². The number of aryl methyl sites for hydroxylation is 1. The zero-order valence-corrected chi connectivity index (χ0v) is 19.1. The summed E-state index contributed by atoms with van der Waals surface area (Å²) in [6.07, 6.45) is 2.19. The van der Waals surface area contributed by atoms with Crippen LogP contribution in [0.25, 0.3) is 0 Å². The van der Waals surface area contributed by atoms with E-state index in [0.717, 1.165) is 37.2 Å². The molecule has 0 saturated carbocycles. The molecule has 2 N–H and O–H groups in total. The van der Waals surface area contributed by atoms with Crippen LogP contribution in [0.2, 0.25) is 0 Å². The molecule has 1 aromatic carbocycles. The lowest BCUT2D eigenvalue weighted by atomic mass is 10.1. The van der Waals surface area contributed by atoms with Crippen molar-refractivity contribution in [2.24, 2.45) is 12.0 Å². The summed E-state index contributed by atoms with van der Waals surface area (Å²) in [5.41, 5.74) is 0.625. The SMILES string of the molecule is Cc1nnc(CN=C(NCC2CCCO2)NC(C)c2ccc(F)c(F)c2)n1C.I. The fourth-order valence-corrected chi connectivity index (χ4v) is 2.98. The number of guanidine groups is 1. The molecule has 10 heteroatoms. The van der Waals surface area contributed by atoms with Crippen LogP contribution in [0, 0.1) is 18.6 Å². The van der Waals surface area contributed by atoms with Crippen LogP contribution in [0.1, 0.15) is 43.0 Å². The molecule has 29 heavy (non-hydrogen) atoms. The normalized spacial score (nSPS) is 17.7. The lowest BCUT2D eigenvalue weighted by molar-refractivity contribution is 0.113. The summed E-state index contributed by atoms with van der Waals surface area (Å²) >= 11 is 0. The molecule has 0 aliphatic carbocycles. The predicted molar refractivity (Wildman–Crippen MR) is 117 cm³/mol. The highest BCUT2D eigenvalue weighted by molar-refractivity contribution is 14.0. The predicted octanol–water partition coefficient (Wildman–Crippen LogP) is 3.00. The zero-order valence-electron chi connectivity index (χ0n) is 16.8. The Morgan fingerprint density at radius 1 is 1.34 bits per heavy atom. The maximum absolute atomic E-state index is 13.6. The van der Waals surface area contributed by atoms with Gasteiger partial charge in [-0.15, -0.1) is 34.2 Å². The maximum atomic E-state index is 13.6. The van der Waals surface area contributed by atoms with Crippen molar-refractivity contribution in [3.63, 3.8) is 0 Å². The highest BCUT2D eigenvalue weighted by Crippen LogP contribution is 2.16. The third kappa shape index (κ3) is 6.33. The van der Waals surface area contributed by atoms with E-state index in [9.17, 15) is 8.78 Å². The molecule has 1 fully saturated rings. The van der Waals surface area contributed by atoms with Gasteiger partial charge in [0.05, 0.1) is 12.1 Å². The van der Waals surface area contributed by atoms with Crippen LogP contribution in [0.3, 0.4) is 0 Å². The number of benzene rings is 1. The fraction of sp³-hybridized carbons (Fsp3) is 0.526. The number of ether oxygens (including phenoxy) is 1. The average Bonchev–Trinajstić information content (AvgIpc) is 3.31. The molecular weight excluding hydrogens is 493 g/mol. The molecule has 1 aliphatic rings. The Morgan fingerprint density at radius 2 is 2.14 bits per heavy atom. The second-order valence-corrected chi connectivity index (χ2v) is 6.94. The van der Waals surface area contributed by atoms with E-state index in [1.54, 1.807) is 6.07 Å². The Balaban J connectivity index is 0.00000300. The molecule has 0 bridgehead atoms. The lowest BCUT2D eigenvalue weighted by Gasteiger charge is -2.20. The number of halogens is 3. The number of nitrogens with one attached hydrogen (secondary N) is 2. The van der Waals surface area contributed by atoms with Crippen LogP contribution in [-0.2, 0) is 18.3 Å². The highest BCUT2D eigenvalue weighted by atomic mass is 127. The fourth-order valence-electron chi connectivity index (χ4n) is 2.98. The van der Waals surface area contributed by atoms with Crippen molar-refractivity contribution < 1.29 is 13.5 Å². The van der Waals surface area contributed by atoms with E-state index < -0.39 is 11.6 Å². The molecule has 160 valence electrons. The van der Waals surface area contributed by atoms with Gasteiger partial charge in [-0.1, -0.05) is 6.07 Å². The topological polar surface area (TPSA) is 76.4 Å². The van der Waals surface area contributed by atoms with Crippen molar-refractivity contribution in [2.75, 3.05) is 13.2 Å². The molecule has 0 spiro atoms. The number of aromatic nitrogens is 3. The molecule has 2 heterocycles. The molecule has 1 aromatic heterocycles. The van der Waals surface area contributed by atoms with Gasteiger partial charge in [0, 0.05) is 20.2 Å². The first kappa shape index (κ1) is 23.5. The van der Waals surface area contributed by atoms with Crippen LogP contribution in [0.15, 0.2) is 23.2 Å². The average molecular weight is 520 g/mol. The Morgan fingerprint density at radius 3 is 2.76 bits per heavy atom. The van der Waals surface area contributed by atoms with Crippen LogP contribution >= 0.6 is 24.0 Å². The second kappa shape index (κ2) is 10.8. The standard InChI is InChI=1S/C19H26F2N6O.HI/c1-12(14-6-7-16(20)17(21)9-14)24-19(22-10-15-5-4-8-28-15)23-11-18-26-25-13(2)27(18)3;/h6-7,9,12,15H,4-5,8,10-11H2,1-3H3,(H2,22,23,24);1H. The summed E-state index contributed by atoms with van der Waals surface area (Å²) < 4.78 is 34.3. The molecular formula is C19H27F2IN6O. The van der Waals surface area contributed by atoms with E-state index in [0.29, 0.717) is 24.6 Å². The molecule has 0 amide bonds. The zero-order chi connectivity index (χ0) is 20.1. The van der Waals surface area contributed by atoms with E-state index in [1.165, 1.54) is 6.07 Å². The van der Waals surface area contributed by atoms with E-state index >= 15 is 0 Å². The van der Waals surface area contributed by atoms with Gasteiger partial charge >= 0.3 is 0 Å². The first-order chi connectivity index (χ1) is 13.4. The van der Waals surface area contributed by atoms with Crippen LogP contribution in [0.4, 0.5) is 8.78 Å². The number of nitrogens with zero attached hydrogens (tertiary/aromatic N) is 4. The minimum absolute atomic E-state index is 0. The van der Waals surface area contributed by atoms with E-state index in [1.807, 2.05) is 25.5 Å². The third-order valence-electron chi connectivity index (χ3n) is 4.88. The van der Waals surface area contributed by atoms with E-state index in [-0.39, 0.29) is 36.1 Å². The summed E-state index contributed by atoms with van der Waals surface area (Å²) in [7, 11) is 1.89. The van der Waals surface area contributed by atoms with Gasteiger partial charge in [0.25, 0.3) is 0 Å². The maximum Gasteiger partial charge on any atom is 0.192 e. The number of hydrogen-bond donors (Lipinski definition) is 2. The first-order valence-corrected chi connectivity index (χ1v) is 9.40. The van der Waals surface area contributed by atoms with Crippen LogP contribution in [-0.4, -0.2) is 40.0 Å². The molecule has 1 aliphatic heterocycles. The smallest absolute Gasteiger partial charge is 0.192 e. The van der Waals surface area contributed by atoms with Gasteiger partial charge < -0.3 is 19.9 Å². The van der Waals surface area contributed by atoms with Crippen molar-refractivity contribution in [1.82, 2.24) is 25.4 Å². The second-order valence-electron chi connectivity index (χ2n) is 6.94. The number of rotatable bonds is 6. The quantitative estimate of drug-likeness (QED) is 0.348. The summed E-state index contributed by atoms with van der Waals surface area (Å²) in [6, 6.07) is 3.60. The Kier molecular flexibility index (Phi) is 8.75. The summed E-state index contributed by atoms with van der Waals surface area (Å²) in [6.45, 7) is 5.47. The monoisotopic (exact) mass is 520 g/mol. The Hall–Kier alpha value is -1.82. The van der Waals surface area contributed by atoms with Crippen molar-refractivity contribution >= 4 is 29.9 Å². The van der Waals surface area contributed by atoms with Crippen LogP contribution in [0.5, 0.6) is 0 Å². The van der Waals surface area contributed by atoms with Crippen LogP contribution < -0.4 is 10.6 Å². The molecule has 2 aromatic rings. The molecule has 7 nitrogen and oxygen atoms in total. The largest absolute Gasteiger partial charge is 0.376 e. The van der Waals surface area contributed by atoms with Gasteiger partial charge in [0.15, 0.2) is 23.4 Å². The highest BCUT2D eigenvalue weighted by Gasteiger charge is 2.17. The summed E-state index contributed by atoms with van der Waals surface area (Å²) in [5.74, 6) is 0.359.